The number of piperazine rings is 1. The number of benzene rings is 1. The van der Waals surface area contributed by atoms with Gasteiger partial charge in [0.15, 0.2) is 5.69 Å². The van der Waals surface area contributed by atoms with E-state index in [0.29, 0.717) is 44.2 Å². The molecule has 170 valence electrons. The molecule has 1 atom stereocenters. The van der Waals surface area contributed by atoms with Crippen LogP contribution in [0.15, 0.2) is 36.5 Å². The Bertz CT molecular complexity index is 977. The van der Waals surface area contributed by atoms with Gasteiger partial charge < -0.3 is 24.6 Å². The first kappa shape index (κ1) is 21.8. The van der Waals surface area contributed by atoms with Gasteiger partial charge in [-0.05, 0) is 44.0 Å². The number of nitrogens with zero attached hydrogens (tertiary/aromatic N) is 4. The first-order valence-electron chi connectivity index (χ1n) is 10.8. The average Bonchev–Trinajstić information content (AvgIpc) is 3.52. The quantitative estimate of drug-likeness (QED) is 0.711. The van der Waals surface area contributed by atoms with Crippen LogP contribution in [0.5, 0.6) is 0 Å². The van der Waals surface area contributed by atoms with Crippen LogP contribution in [-0.2, 0) is 14.3 Å². The number of hydrogen-bond donors (Lipinski definition) is 1. The average molecular weight is 441 g/mol. The van der Waals surface area contributed by atoms with E-state index in [0.717, 1.165) is 12.8 Å². The molecule has 2 saturated heterocycles. The third-order valence-electron chi connectivity index (χ3n) is 5.52. The number of amides is 3. The van der Waals surface area contributed by atoms with Gasteiger partial charge in [0.25, 0.3) is 5.91 Å². The van der Waals surface area contributed by atoms with Crippen molar-refractivity contribution in [3.63, 3.8) is 0 Å². The lowest BCUT2D eigenvalue weighted by atomic mass is 10.2. The van der Waals surface area contributed by atoms with Gasteiger partial charge in [-0.25, -0.2) is 14.3 Å². The molecule has 3 heterocycles. The minimum Gasteiger partial charge on any atom is -0.461 e. The van der Waals surface area contributed by atoms with Crippen LogP contribution < -0.4 is 5.32 Å². The van der Waals surface area contributed by atoms with Gasteiger partial charge in [-0.3, -0.25) is 4.79 Å². The van der Waals surface area contributed by atoms with Gasteiger partial charge >= 0.3 is 12.0 Å². The van der Waals surface area contributed by atoms with Gasteiger partial charge in [0, 0.05) is 44.7 Å². The van der Waals surface area contributed by atoms with E-state index in [1.807, 2.05) is 6.07 Å². The molecule has 0 aliphatic carbocycles. The molecule has 1 aromatic carbocycles. The molecule has 1 aromatic heterocycles. The van der Waals surface area contributed by atoms with Crippen molar-refractivity contribution in [2.45, 2.75) is 25.9 Å². The minimum atomic E-state index is -0.479. The highest BCUT2D eigenvalue weighted by Crippen LogP contribution is 2.18. The second kappa shape index (κ2) is 9.82. The number of anilines is 1. The highest BCUT2D eigenvalue weighted by atomic mass is 16.5. The number of esters is 1. The number of urea groups is 1. The third-order valence-corrected chi connectivity index (χ3v) is 5.52. The van der Waals surface area contributed by atoms with Crippen molar-refractivity contribution in [1.82, 2.24) is 19.6 Å². The summed E-state index contributed by atoms with van der Waals surface area (Å²) in [5, 5.41) is 7.13. The lowest BCUT2D eigenvalue weighted by molar-refractivity contribution is -0.142. The van der Waals surface area contributed by atoms with E-state index in [-0.39, 0.29) is 30.3 Å². The van der Waals surface area contributed by atoms with E-state index < -0.39 is 5.97 Å². The molecule has 0 unspecified atom stereocenters. The Hall–Kier alpha value is -3.40. The van der Waals surface area contributed by atoms with E-state index in [9.17, 15) is 14.4 Å². The predicted octanol–water partition coefficient (Wildman–Crippen LogP) is 1.90. The maximum Gasteiger partial charge on any atom is 0.358 e. The van der Waals surface area contributed by atoms with E-state index in [4.69, 9.17) is 9.47 Å². The van der Waals surface area contributed by atoms with Crippen LogP contribution in [0.1, 0.15) is 30.3 Å². The molecule has 10 heteroatoms. The maximum atomic E-state index is 12.7. The zero-order valence-electron chi connectivity index (χ0n) is 18.0. The van der Waals surface area contributed by atoms with Crippen molar-refractivity contribution in [2.75, 3.05) is 44.7 Å². The number of carbonyl (C=O) groups excluding carboxylic acids is 3. The summed E-state index contributed by atoms with van der Waals surface area (Å²) in [6, 6.07) is 8.55. The van der Waals surface area contributed by atoms with Crippen molar-refractivity contribution >= 4 is 23.6 Å². The molecule has 2 aromatic rings. The topological polar surface area (TPSA) is 106 Å². The molecule has 2 fully saturated rings. The highest BCUT2D eigenvalue weighted by molar-refractivity contribution is 5.90. The van der Waals surface area contributed by atoms with Crippen LogP contribution in [0.2, 0.25) is 0 Å². The summed E-state index contributed by atoms with van der Waals surface area (Å²) >= 11 is 0. The van der Waals surface area contributed by atoms with Crippen molar-refractivity contribution in [3.8, 4) is 5.69 Å². The second-order valence-corrected chi connectivity index (χ2v) is 7.66. The molecule has 1 N–H and O–H groups in total. The van der Waals surface area contributed by atoms with Crippen LogP contribution >= 0.6 is 0 Å². The first-order chi connectivity index (χ1) is 15.5. The van der Waals surface area contributed by atoms with Crippen LogP contribution in [-0.4, -0.2) is 83.0 Å². The van der Waals surface area contributed by atoms with E-state index in [1.165, 1.54) is 0 Å². The number of nitrogens with one attached hydrogen (secondary N) is 1. The molecule has 4 rings (SSSR count). The Labute approximate surface area is 186 Å². The predicted molar refractivity (Wildman–Crippen MR) is 116 cm³/mol. The number of aromatic nitrogens is 2. The minimum absolute atomic E-state index is 0.0247. The smallest absolute Gasteiger partial charge is 0.358 e. The number of hydrogen-bond acceptors (Lipinski definition) is 6. The fraction of sp³-hybridized carbons (Fsp3) is 0.455. The molecule has 32 heavy (non-hydrogen) atoms. The monoisotopic (exact) mass is 441 g/mol. The van der Waals surface area contributed by atoms with E-state index in [1.54, 1.807) is 51.9 Å². The van der Waals surface area contributed by atoms with Gasteiger partial charge in [0.2, 0.25) is 0 Å². The fourth-order valence-corrected chi connectivity index (χ4v) is 3.82. The molecule has 2 aliphatic rings. The molecule has 3 amide bonds. The third kappa shape index (κ3) is 4.91. The SMILES string of the molecule is CCOC(=O)c1ccn(-c2cccc(NC(=O)N3CCN(C(=O)[C@@H]4CCCO4)CC3)c2)n1. The Balaban J connectivity index is 1.33. The Morgan fingerprint density at radius 2 is 1.94 bits per heavy atom. The Kier molecular flexibility index (Phi) is 6.69. The molecular formula is C22H27N5O5. The van der Waals surface area contributed by atoms with E-state index in [2.05, 4.69) is 10.4 Å². The molecule has 2 aliphatic heterocycles. The standard InChI is InChI=1S/C22H27N5O5/c1-2-31-21(29)18-8-9-27(24-18)17-6-3-5-16(15-17)23-22(30)26-12-10-25(11-13-26)20(28)19-7-4-14-32-19/h3,5-6,8-9,15,19H,2,4,7,10-14H2,1H3,(H,23,30)/t19-/m0/s1. The van der Waals surface area contributed by atoms with Crippen molar-refractivity contribution in [3.05, 3.63) is 42.2 Å². The van der Waals surface area contributed by atoms with Gasteiger partial charge in [-0.2, -0.15) is 5.10 Å². The van der Waals surface area contributed by atoms with Crippen molar-refractivity contribution in [1.29, 1.82) is 0 Å². The van der Waals surface area contributed by atoms with Crippen LogP contribution in [0.25, 0.3) is 5.69 Å². The van der Waals surface area contributed by atoms with Gasteiger partial charge in [-0.1, -0.05) is 6.07 Å². The second-order valence-electron chi connectivity index (χ2n) is 7.66. The Morgan fingerprint density at radius 3 is 2.66 bits per heavy atom. The lowest BCUT2D eigenvalue weighted by Crippen LogP contribution is -2.53. The highest BCUT2D eigenvalue weighted by Gasteiger charge is 2.31. The van der Waals surface area contributed by atoms with Gasteiger partial charge in [0.05, 0.1) is 12.3 Å². The van der Waals surface area contributed by atoms with Crippen molar-refractivity contribution < 1.29 is 23.9 Å². The summed E-state index contributed by atoms with van der Waals surface area (Å²) in [4.78, 5) is 40.5. The molecule has 0 bridgehead atoms. The molecule has 0 radical (unpaired) electrons. The molecule has 0 saturated carbocycles. The summed E-state index contributed by atoms with van der Waals surface area (Å²) in [5.41, 5.74) is 1.53. The number of ether oxygens (including phenoxy) is 2. The number of carbonyl (C=O) groups is 3. The number of rotatable bonds is 5. The molecule has 10 nitrogen and oxygen atoms in total. The van der Waals surface area contributed by atoms with Gasteiger partial charge in [-0.15, -0.1) is 0 Å². The van der Waals surface area contributed by atoms with Gasteiger partial charge in [0.1, 0.15) is 6.10 Å². The summed E-state index contributed by atoms with van der Waals surface area (Å²) in [6.45, 7) is 4.58. The fourth-order valence-electron chi connectivity index (χ4n) is 3.82. The summed E-state index contributed by atoms with van der Waals surface area (Å²) < 4.78 is 12.0. The molecule has 0 spiro atoms. The summed E-state index contributed by atoms with van der Waals surface area (Å²) in [5.74, 6) is -0.454. The first-order valence-corrected chi connectivity index (χ1v) is 10.8. The Morgan fingerprint density at radius 1 is 1.16 bits per heavy atom. The lowest BCUT2D eigenvalue weighted by Gasteiger charge is -2.35. The summed E-state index contributed by atoms with van der Waals surface area (Å²) in [6.07, 6.45) is 3.02. The van der Waals surface area contributed by atoms with Crippen LogP contribution in [0.4, 0.5) is 10.5 Å². The van der Waals surface area contributed by atoms with E-state index >= 15 is 0 Å². The zero-order valence-corrected chi connectivity index (χ0v) is 18.0. The summed E-state index contributed by atoms with van der Waals surface area (Å²) in [7, 11) is 0. The van der Waals surface area contributed by atoms with Crippen LogP contribution in [0, 0.1) is 0 Å². The normalized spacial score (nSPS) is 18.5. The zero-order chi connectivity index (χ0) is 22.5. The maximum absolute atomic E-state index is 12.7. The largest absolute Gasteiger partial charge is 0.461 e. The van der Waals surface area contributed by atoms with Crippen molar-refractivity contribution in [2.24, 2.45) is 0 Å². The molecular weight excluding hydrogens is 414 g/mol. The van der Waals surface area contributed by atoms with Crippen LogP contribution in [0.3, 0.4) is 0 Å².